The summed E-state index contributed by atoms with van der Waals surface area (Å²) in [5.74, 6) is 0.737. The number of carbonyl (C=O) groups is 1. The molecule has 0 bridgehead atoms. The Morgan fingerprint density at radius 1 is 1.22 bits per heavy atom. The molecule has 0 atom stereocenters. The zero-order valence-electron chi connectivity index (χ0n) is 12.9. The molecule has 1 N–H and O–H groups in total. The minimum absolute atomic E-state index is 0.269. The van der Waals surface area contributed by atoms with Crippen LogP contribution < -0.4 is 9.47 Å². The van der Waals surface area contributed by atoms with Crippen LogP contribution in [0.3, 0.4) is 0 Å². The fourth-order valence-electron chi connectivity index (χ4n) is 2.76. The molecule has 1 aliphatic carbocycles. The molecular formula is C19H18O4. The average Bonchev–Trinajstić information content (AvgIpc) is 2.59. The largest absolute Gasteiger partial charge is 0.496 e. The van der Waals surface area contributed by atoms with Gasteiger partial charge in [0.1, 0.15) is 18.1 Å². The fraction of sp³-hybridized carbons (Fsp3) is 0.211. The van der Waals surface area contributed by atoms with E-state index in [2.05, 4.69) is 12.2 Å². The van der Waals surface area contributed by atoms with E-state index >= 15 is 0 Å². The van der Waals surface area contributed by atoms with Gasteiger partial charge in [0.2, 0.25) is 0 Å². The van der Waals surface area contributed by atoms with Gasteiger partial charge in [-0.05, 0) is 42.7 Å². The van der Waals surface area contributed by atoms with E-state index < -0.39 is 5.97 Å². The van der Waals surface area contributed by atoms with Crippen molar-refractivity contribution in [3.63, 3.8) is 0 Å². The zero-order chi connectivity index (χ0) is 16.2. The van der Waals surface area contributed by atoms with Crippen molar-refractivity contribution in [1.29, 1.82) is 0 Å². The highest BCUT2D eigenvalue weighted by Gasteiger charge is 2.15. The lowest BCUT2D eigenvalue weighted by atomic mass is 9.95. The van der Waals surface area contributed by atoms with Crippen LogP contribution in [0.4, 0.5) is 0 Å². The highest BCUT2D eigenvalue weighted by atomic mass is 16.5. The van der Waals surface area contributed by atoms with Crippen molar-refractivity contribution in [2.45, 2.75) is 19.4 Å². The van der Waals surface area contributed by atoms with Gasteiger partial charge in [-0.1, -0.05) is 24.3 Å². The average molecular weight is 310 g/mol. The summed E-state index contributed by atoms with van der Waals surface area (Å²) in [4.78, 5) is 11.0. The Balaban J connectivity index is 1.83. The number of carboxylic acids is 1. The smallest absolute Gasteiger partial charge is 0.335 e. The maximum Gasteiger partial charge on any atom is 0.335 e. The number of rotatable bonds is 5. The molecule has 0 unspecified atom stereocenters. The van der Waals surface area contributed by atoms with Crippen molar-refractivity contribution < 1.29 is 19.4 Å². The van der Waals surface area contributed by atoms with Crippen LogP contribution in [0.1, 0.15) is 33.5 Å². The summed E-state index contributed by atoms with van der Waals surface area (Å²) in [5.41, 5.74) is 3.31. The van der Waals surface area contributed by atoms with E-state index in [1.807, 2.05) is 18.2 Å². The molecule has 3 rings (SSSR count). The molecule has 0 radical (unpaired) electrons. The normalized spacial score (nSPS) is 12.6. The SMILES string of the molecule is COc1ccc(OCc2cccc(C(=O)O)c2)c2c1C=CCC2. The van der Waals surface area contributed by atoms with E-state index in [4.69, 9.17) is 14.6 Å². The van der Waals surface area contributed by atoms with Gasteiger partial charge in [-0.2, -0.15) is 0 Å². The van der Waals surface area contributed by atoms with E-state index in [9.17, 15) is 4.79 Å². The minimum atomic E-state index is -0.932. The van der Waals surface area contributed by atoms with Gasteiger partial charge in [-0.25, -0.2) is 4.79 Å². The maximum absolute atomic E-state index is 11.0. The molecule has 0 spiro atoms. The standard InChI is InChI=1S/C19H18O4/c1-22-17-9-10-18(16-8-3-2-7-15(16)17)23-12-13-5-4-6-14(11-13)19(20)21/h2,4-7,9-11H,3,8,12H2,1H3,(H,20,21). The molecule has 1 aliphatic rings. The van der Waals surface area contributed by atoms with Crippen molar-refractivity contribution >= 4 is 12.0 Å². The van der Waals surface area contributed by atoms with Crippen LogP contribution in [0.2, 0.25) is 0 Å². The first-order valence-electron chi connectivity index (χ1n) is 7.50. The molecule has 23 heavy (non-hydrogen) atoms. The van der Waals surface area contributed by atoms with Gasteiger partial charge in [0.05, 0.1) is 12.7 Å². The fourth-order valence-corrected chi connectivity index (χ4v) is 2.76. The van der Waals surface area contributed by atoms with E-state index in [1.165, 1.54) is 0 Å². The maximum atomic E-state index is 11.0. The third-order valence-corrected chi connectivity index (χ3v) is 3.91. The predicted molar refractivity (Wildman–Crippen MR) is 88.1 cm³/mol. The van der Waals surface area contributed by atoms with Crippen molar-refractivity contribution in [2.24, 2.45) is 0 Å². The van der Waals surface area contributed by atoms with Crippen molar-refractivity contribution in [2.75, 3.05) is 7.11 Å². The van der Waals surface area contributed by atoms with Crippen LogP contribution in [0, 0.1) is 0 Å². The monoisotopic (exact) mass is 310 g/mol. The second-order valence-electron chi connectivity index (χ2n) is 5.39. The van der Waals surface area contributed by atoms with E-state index in [1.54, 1.807) is 25.3 Å². The molecule has 2 aromatic rings. The van der Waals surface area contributed by atoms with Crippen molar-refractivity contribution in [3.05, 3.63) is 64.7 Å². The van der Waals surface area contributed by atoms with Crippen LogP contribution in [0.15, 0.2) is 42.5 Å². The van der Waals surface area contributed by atoms with Crippen LogP contribution in [-0.4, -0.2) is 18.2 Å². The van der Waals surface area contributed by atoms with Crippen LogP contribution in [0.5, 0.6) is 11.5 Å². The number of hydrogen-bond acceptors (Lipinski definition) is 3. The van der Waals surface area contributed by atoms with Crippen LogP contribution >= 0.6 is 0 Å². The molecule has 2 aromatic carbocycles. The number of methoxy groups -OCH3 is 1. The van der Waals surface area contributed by atoms with Gasteiger partial charge < -0.3 is 14.6 Å². The van der Waals surface area contributed by atoms with Gasteiger partial charge in [-0.3, -0.25) is 0 Å². The summed E-state index contributed by atoms with van der Waals surface area (Å²) in [6, 6.07) is 10.6. The lowest BCUT2D eigenvalue weighted by Crippen LogP contribution is -2.04. The van der Waals surface area contributed by atoms with Gasteiger partial charge in [0.25, 0.3) is 0 Å². The second kappa shape index (κ2) is 6.57. The number of fused-ring (bicyclic) bond motifs is 1. The van der Waals surface area contributed by atoms with Crippen LogP contribution in [-0.2, 0) is 13.0 Å². The van der Waals surface area contributed by atoms with Gasteiger partial charge in [0, 0.05) is 11.1 Å². The first kappa shape index (κ1) is 15.2. The topological polar surface area (TPSA) is 55.8 Å². The molecular weight excluding hydrogens is 292 g/mol. The molecule has 118 valence electrons. The molecule has 0 aromatic heterocycles. The summed E-state index contributed by atoms with van der Waals surface area (Å²) < 4.78 is 11.3. The van der Waals surface area contributed by atoms with E-state index in [0.29, 0.717) is 6.61 Å². The minimum Gasteiger partial charge on any atom is -0.496 e. The molecule has 0 saturated heterocycles. The number of benzene rings is 2. The summed E-state index contributed by atoms with van der Waals surface area (Å²) in [5, 5.41) is 9.05. The van der Waals surface area contributed by atoms with Gasteiger partial charge >= 0.3 is 5.97 Å². The van der Waals surface area contributed by atoms with Crippen molar-refractivity contribution in [3.8, 4) is 11.5 Å². The first-order chi connectivity index (χ1) is 11.2. The summed E-state index contributed by atoms with van der Waals surface area (Å²) in [7, 11) is 1.66. The Labute approximate surface area is 135 Å². The molecule has 4 heteroatoms. The highest BCUT2D eigenvalue weighted by Crippen LogP contribution is 2.35. The summed E-state index contributed by atoms with van der Waals surface area (Å²) in [6.45, 7) is 0.337. The zero-order valence-corrected chi connectivity index (χ0v) is 12.9. The Kier molecular flexibility index (Phi) is 4.33. The third-order valence-electron chi connectivity index (χ3n) is 3.91. The number of aromatic carboxylic acids is 1. The summed E-state index contributed by atoms with van der Waals surface area (Å²) in [6.07, 6.45) is 6.08. The molecule has 4 nitrogen and oxygen atoms in total. The molecule has 0 amide bonds. The Morgan fingerprint density at radius 2 is 2.04 bits per heavy atom. The van der Waals surface area contributed by atoms with Crippen LogP contribution in [0.25, 0.3) is 6.08 Å². The van der Waals surface area contributed by atoms with Crippen molar-refractivity contribution in [1.82, 2.24) is 0 Å². The Morgan fingerprint density at radius 3 is 2.83 bits per heavy atom. The lowest BCUT2D eigenvalue weighted by Gasteiger charge is -2.19. The highest BCUT2D eigenvalue weighted by molar-refractivity contribution is 5.87. The third kappa shape index (κ3) is 3.21. The molecule has 0 heterocycles. The lowest BCUT2D eigenvalue weighted by molar-refractivity contribution is 0.0696. The molecule has 0 fully saturated rings. The number of allylic oxidation sites excluding steroid dienone is 1. The predicted octanol–water partition coefficient (Wildman–Crippen LogP) is 3.93. The van der Waals surface area contributed by atoms with Gasteiger partial charge in [-0.15, -0.1) is 0 Å². The molecule has 0 aliphatic heterocycles. The summed E-state index contributed by atoms with van der Waals surface area (Å²) >= 11 is 0. The quantitative estimate of drug-likeness (QED) is 0.909. The van der Waals surface area contributed by atoms with E-state index in [0.717, 1.165) is 41.0 Å². The second-order valence-corrected chi connectivity index (χ2v) is 5.39. The van der Waals surface area contributed by atoms with Gasteiger partial charge in [0.15, 0.2) is 0 Å². The first-order valence-corrected chi connectivity index (χ1v) is 7.50. The Hall–Kier alpha value is -2.75. The van der Waals surface area contributed by atoms with E-state index in [-0.39, 0.29) is 5.56 Å². The molecule has 0 saturated carbocycles. The Bertz CT molecular complexity index is 762. The number of hydrogen-bond donors (Lipinski definition) is 1. The number of ether oxygens (including phenoxy) is 2. The number of carboxylic acid groups (broad SMARTS) is 1.